The third-order valence-corrected chi connectivity index (χ3v) is 4.26. The van der Waals surface area contributed by atoms with Gasteiger partial charge in [-0.2, -0.15) is 0 Å². The van der Waals surface area contributed by atoms with Crippen LogP contribution in [0, 0.1) is 19.7 Å². The predicted octanol–water partition coefficient (Wildman–Crippen LogP) is 3.77. The molecule has 120 valence electrons. The Hall–Kier alpha value is -2.20. The number of aliphatic hydroxyl groups excluding tert-OH is 1. The minimum absolute atomic E-state index is 0.151. The topological polar surface area (TPSA) is 38.1 Å². The number of nitrogens with zero attached hydrogens (tertiary/aromatic N) is 2. The molecule has 1 aromatic heterocycles. The van der Waals surface area contributed by atoms with Crippen LogP contribution in [-0.2, 0) is 13.0 Å². The van der Waals surface area contributed by atoms with E-state index in [4.69, 9.17) is 10.1 Å². The Balaban J connectivity index is 2.07. The molecule has 0 saturated carbocycles. The quantitative estimate of drug-likeness (QED) is 0.779. The van der Waals surface area contributed by atoms with E-state index >= 15 is 0 Å². The molecule has 0 radical (unpaired) electrons. The summed E-state index contributed by atoms with van der Waals surface area (Å²) in [6, 6.07) is 10.8. The molecular weight excluding hydrogens is 291 g/mol. The Kier molecular flexibility index (Phi) is 4.44. The zero-order valence-electron chi connectivity index (χ0n) is 13.5. The number of halogens is 1. The first-order valence-corrected chi connectivity index (χ1v) is 7.90. The van der Waals surface area contributed by atoms with Crippen LogP contribution in [0.15, 0.2) is 36.4 Å². The van der Waals surface area contributed by atoms with Gasteiger partial charge in [0.15, 0.2) is 0 Å². The van der Waals surface area contributed by atoms with Gasteiger partial charge >= 0.3 is 0 Å². The fraction of sp³-hybridized carbons (Fsp3) is 0.316. The lowest BCUT2D eigenvalue weighted by Gasteiger charge is -2.10. The van der Waals surface area contributed by atoms with Crippen LogP contribution in [0.3, 0.4) is 0 Å². The molecular formula is C19H21FN2O. The minimum Gasteiger partial charge on any atom is -0.396 e. The fourth-order valence-electron chi connectivity index (χ4n) is 2.81. The van der Waals surface area contributed by atoms with E-state index in [1.165, 1.54) is 23.3 Å². The number of imidazole rings is 1. The van der Waals surface area contributed by atoms with Crippen molar-refractivity contribution in [2.24, 2.45) is 0 Å². The van der Waals surface area contributed by atoms with Crippen molar-refractivity contribution in [2.75, 3.05) is 6.61 Å². The van der Waals surface area contributed by atoms with Gasteiger partial charge in [-0.3, -0.25) is 0 Å². The van der Waals surface area contributed by atoms with E-state index in [0.717, 1.165) is 28.8 Å². The highest BCUT2D eigenvalue weighted by atomic mass is 19.1. The summed E-state index contributed by atoms with van der Waals surface area (Å²) in [6.45, 7) is 4.98. The summed E-state index contributed by atoms with van der Waals surface area (Å²) in [5, 5.41) is 9.12. The summed E-state index contributed by atoms with van der Waals surface area (Å²) in [5.41, 5.74) is 5.55. The van der Waals surface area contributed by atoms with Crippen LogP contribution in [0.1, 0.15) is 28.9 Å². The van der Waals surface area contributed by atoms with Crippen molar-refractivity contribution in [2.45, 2.75) is 33.2 Å². The molecule has 4 heteroatoms. The highest BCUT2D eigenvalue weighted by Gasteiger charge is 2.12. The highest BCUT2D eigenvalue weighted by molar-refractivity contribution is 5.78. The molecule has 1 N–H and O–H groups in total. The summed E-state index contributed by atoms with van der Waals surface area (Å²) in [5.74, 6) is 0.736. The molecule has 0 saturated heterocycles. The van der Waals surface area contributed by atoms with Crippen molar-refractivity contribution >= 4 is 11.0 Å². The average Bonchev–Trinajstić information content (AvgIpc) is 2.85. The van der Waals surface area contributed by atoms with Crippen molar-refractivity contribution in [3.05, 3.63) is 64.7 Å². The van der Waals surface area contributed by atoms with Crippen molar-refractivity contribution < 1.29 is 9.50 Å². The van der Waals surface area contributed by atoms with E-state index in [0.29, 0.717) is 13.0 Å². The molecule has 0 aliphatic heterocycles. The van der Waals surface area contributed by atoms with E-state index in [1.807, 2.05) is 0 Å². The maximum Gasteiger partial charge on any atom is 0.123 e. The SMILES string of the molecule is Cc1cc2nc(CCCO)n(Cc3ccc(F)cc3)c2cc1C. The third kappa shape index (κ3) is 3.27. The molecule has 0 aliphatic rings. The zero-order chi connectivity index (χ0) is 16.4. The lowest BCUT2D eigenvalue weighted by molar-refractivity contribution is 0.287. The summed E-state index contributed by atoms with van der Waals surface area (Å²) < 4.78 is 15.3. The Bertz CT molecular complexity index is 821. The second-order valence-electron chi connectivity index (χ2n) is 5.99. The maximum absolute atomic E-state index is 13.1. The van der Waals surface area contributed by atoms with Gasteiger partial charge in [0.05, 0.1) is 11.0 Å². The summed E-state index contributed by atoms with van der Waals surface area (Å²) in [6.07, 6.45) is 1.41. The first kappa shape index (κ1) is 15.7. The number of benzene rings is 2. The summed E-state index contributed by atoms with van der Waals surface area (Å²) in [4.78, 5) is 4.74. The number of rotatable bonds is 5. The van der Waals surface area contributed by atoms with Crippen LogP contribution in [0.25, 0.3) is 11.0 Å². The molecule has 3 nitrogen and oxygen atoms in total. The van der Waals surface area contributed by atoms with Gasteiger partial charge in [-0.25, -0.2) is 9.37 Å². The summed E-state index contributed by atoms with van der Waals surface area (Å²) in [7, 11) is 0. The van der Waals surface area contributed by atoms with E-state index in [9.17, 15) is 4.39 Å². The number of fused-ring (bicyclic) bond motifs is 1. The lowest BCUT2D eigenvalue weighted by atomic mass is 10.1. The average molecular weight is 312 g/mol. The molecule has 23 heavy (non-hydrogen) atoms. The molecule has 0 bridgehead atoms. The standard InChI is InChI=1S/C19H21FN2O/c1-13-10-17-18(11-14(13)2)22(19(21-17)4-3-9-23)12-15-5-7-16(20)8-6-15/h5-8,10-11,23H,3-4,9,12H2,1-2H3. The molecule has 0 spiro atoms. The smallest absolute Gasteiger partial charge is 0.123 e. The number of aryl methyl sites for hydroxylation is 3. The maximum atomic E-state index is 13.1. The van der Waals surface area contributed by atoms with Gasteiger partial charge in [0.25, 0.3) is 0 Å². The van der Waals surface area contributed by atoms with Gasteiger partial charge in [-0.05, 0) is 61.2 Å². The Morgan fingerprint density at radius 1 is 1.09 bits per heavy atom. The molecule has 0 fully saturated rings. The van der Waals surface area contributed by atoms with E-state index in [-0.39, 0.29) is 12.4 Å². The lowest BCUT2D eigenvalue weighted by Crippen LogP contribution is -2.06. The normalized spacial score (nSPS) is 11.3. The van der Waals surface area contributed by atoms with Crippen LogP contribution in [0.4, 0.5) is 4.39 Å². The molecule has 2 aromatic carbocycles. The number of aliphatic hydroxyl groups is 1. The van der Waals surface area contributed by atoms with Crippen LogP contribution in [-0.4, -0.2) is 21.3 Å². The van der Waals surface area contributed by atoms with Crippen molar-refractivity contribution in [1.29, 1.82) is 0 Å². The fourth-order valence-corrected chi connectivity index (χ4v) is 2.81. The van der Waals surface area contributed by atoms with Crippen LogP contribution in [0.2, 0.25) is 0 Å². The first-order valence-electron chi connectivity index (χ1n) is 7.90. The highest BCUT2D eigenvalue weighted by Crippen LogP contribution is 2.23. The van der Waals surface area contributed by atoms with Crippen molar-refractivity contribution in [3.63, 3.8) is 0 Å². The minimum atomic E-state index is -0.226. The van der Waals surface area contributed by atoms with Gasteiger partial charge in [0.2, 0.25) is 0 Å². The van der Waals surface area contributed by atoms with Gasteiger partial charge in [0, 0.05) is 19.6 Å². The molecule has 0 unspecified atom stereocenters. The second-order valence-corrected chi connectivity index (χ2v) is 5.99. The Labute approximate surface area is 135 Å². The van der Waals surface area contributed by atoms with Crippen molar-refractivity contribution in [3.8, 4) is 0 Å². The molecule has 3 rings (SSSR count). The summed E-state index contributed by atoms with van der Waals surface area (Å²) >= 11 is 0. The van der Waals surface area contributed by atoms with Crippen LogP contribution >= 0.6 is 0 Å². The van der Waals surface area contributed by atoms with Gasteiger partial charge in [0.1, 0.15) is 11.6 Å². The molecule has 0 aliphatic carbocycles. The Morgan fingerprint density at radius 3 is 2.48 bits per heavy atom. The van der Waals surface area contributed by atoms with Crippen LogP contribution in [0.5, 0.6) is 0 Å². The molecule has 3 aromatic rings. The van der Waals surface area contributed by atoms with Gasteiger partial charge in [-0.15, -0.1) is 0 Å². The van der Waals surface area contributed by atoms with Crippen LogP contribution < -0.4 is 0 Å². The van der Waals surface area contributed by atoms with E-state index in [1.54, 1.807) is 12.1 Å². The second kappa shape index (κ2) is 6.50. The van der Waals surface area contributed by atoms with Gasteiger partial charge < -0.3 is 9.67 Å². The number of aromatic nitrogens is 2. The predicted molar refractivity (Wildman–Crippen MR) is 90.1 cm³/mol. The molecule has 1 heterocycles. The van der Waals surface area contributed by atoms with E-state index in [2.05, 4.69) is 30.5 Å². The molecule has 0 atom stereocenters. The monoisotopic (exact) mass is 312 g/mol. The molecule has 0 amide bonds. The van der Waals surface area contributed by atoms with E-state index < -0.39 is 0 Å². The van der Waals surface area contributed by atoms with Gasteiger partial charge in [-0.1, -0.05) is 12.1 Å². The zero-order valence-corrected chi connectivity index (χ0v) is 13.5. The largest absolute Gasteiger partial charge is 0.396 e. The third-order valence-electron chi connectivity index (χ3n) is 4.26. The number of hydrogen-bond acceptors (Lipinski definition) is 2. The first-order chi connectivity index (χ1) is 11.1. The number of hydrogen-bond donors (Lipinski definition) is 1. The Morgan fingerprint density at radius 2 is 1.78 bits per heavy atom. The van der Waals surface area contributed by atoms with Crippen molar-refractivity contribution in [1.82, 2.24) is 9.55 Å².